The summed E-state index contributed by atoms with van der Waals surface area (Å²) in [6.45, 7) is 14.2. The van der Waals surface area contributed by atoms with Crippen LogP contribution in [0.15, 0.2) is 30.3 Å². The lowest BCUT2D eigenvalue weighted by Crippen LogP contribution is -2.59. The molecule has 8 atom stereocenters. The van der Waals surface area contributed by atoms with Crippen molar-refractivity contribution in [3.63, 3.8) is 0 Å². The molecule has 2 rings (SSSR count). The number of carbonyl (C=O) groups is 5. The van der Waals surface area contributed by atoms with Gasteiger partial charge in [-0.15, -0.1) is 0 Å². The van der Waals surface area contributed by atoms with Crippen molar-refractivity contribution in [3.8, 4) is 0 Å². The highest BCUT2D eigenvalue weighted by Gasteiger charge is 2.40. The first kappa shape index (κ1) is 43.7. The molecule has 12 heteroatoms. The summed E-state index contributed by atoms with van der Waals surface area (Å²) < 4.78 is 5.97. The van der Waals surface area contributed by atoms with Gasteiger partial charge in [-0.3, -0.25) is 24.1 Å². The molecular formula is C39H65N5O7. The summed E-state index contributed by atoms with van der Waals surface area (Å²) in [5.74, 6) is -2.66. The van der Waals surface area contributed by atoms with Gasteiger partial charge in [-0.1, -0.05) is 85.2 Å². The zero-order valence-corrected chi connectivity index (χ0v) is 32.8. The first-order chi connectivity index (χ1) is 23.9. The molecule has 3 N–H and O–H groups in total. The molecule has 1 aromatic rings. The van der Waals surface area contributed by atoms with E-state index in [2.05, 4.69) is 10.6 Å². The number of ether oxygens (including phenoxy) is 1. The van der Waals surface area contributed by atoms with Crippen molar-refractivity contribution in [1.29, 1.82) is 0 Å². The second-order valence-electron chi connectivity index (χ2n) is 15.3. The van der Waals surface area contributed by atoms with Gasteiger partial charge < -0.3 is 30.3 Å². The van der Waals surface area contributed by atoms with Gasteiger partial charge in [0.25, 0.3) is 0 Å². The Balaban J connectivity index is 2.18. The molecule has 0 bridgehead atoms. The Morgan fingerprint density at radius 2 is 1.57 bits per heavy atom. The molecule has 1 aromatic carbocycles. The number of benzene rings is 1. The summed E-state index contributed by atoms with van der Waals surface area (Å²) in [7, 11) is 6.98. The zero-order valence-electron chi connectivity index (χ0n) is 32.8. The number of carboxylic acid groups (broad SMARTS) is 1. The number of amides is 4. The molecule has 0 aromatic heterocycles. The zero-order chi connectivity index (χ0) is 38.6. The van der Waals surface area contributed by atoms with Gasteiger partial charge in [0, 0.05) is 39.1 Å². The maximum atomic E-state index is 14.1. The topological polar surface area (TPSA) is 149 Å². The van der Waals surface area contributed by atoms with E-state index in [1.807, 2.05) is 95.8 Å². The minimum Gasteiger partial charge on any atom is -0.480 e. The summed E-state index contributed by atoms with van der Waals surface area (Å²) >= 11 is 0. The summed E-state index contributed by atoms with van der Waals surface area (Å²) in [4.78, 5) is 71.9. The first-order valence-corrected chi connectivity index (χ1v) is 18.6. The van der Waals surface area contributed by atoms with Crippen LogP contribution in [0.5, 0.6) is 0 Å². The fourth-order valence-electron chi connectivity index (χ4n) is 7.41. The molecule has 4 amide bonds. The maximum Gasteiger partial charge on any atom is 0.326 e. The van der Waals surface area contributed by atoms with Crippen molar-refractivity contribution in [1.82, 2.24) is 25.3 Å². The normalized spacial score (nSPS) is 18.9. The number of carbonyl (C=O) groups excluding carboxylic acids is 4. The van der Waals surface area contributed by atoms with Crippen molar-refractivity contribution in [3.05, 3.63) is 35.9 Å². The van der Waals surface area contributed by atoms with Gasteiger partial charge in [-0.2, -0.15) is 0 Å². The van der Waals surface area contributed by atoms with E-state index < -0.39 is 42.2 Å². The smallest absolute Gasteiger partial charge is 0.326 e. The Morgan fingerprint density at radius 1 is 0.941 bits per heavy atom. The predicted molar refractivity (Wildman–Crippen MR) is 199 cm³/mol. The van der Waals surface area contributed by atoms with Crippen LogP contribution >= 0.6 is 0 Å². The number of nitrogens with zero attached hydrogens (tertiary/aromatic N) is 3. The third kappa shape index (κ3) is 12.3. The van der Waals surface area contributed by atoms with Crippen LogP contribution in [-0.4, -0.2) is 121 Å². The Hall–Kier alpha value is -3.51. The van der Waals surface area contributed by atoms with Gasteiger partial charge in [0.2, 0.25) is 23.6 Å². The van der Waals surface area contributed by atoms with E-state index in [-0.39, 0.29) is 60.3 Å². The number of nitrogens with one attached hydrogen (secondary N) is 2. The molecule has 0 radical (unpaired) electrons. The average molecular weight is 716 g/mol. The summed E-state index contributed by atoms with van der Waals surface area (Å²) in [5, 5.41) is 15.5. The second-order valence-corrected chi connectivity index (χ2v) is 15.3. The van der Waals surface area contributed by atoms with Crippen molar-refractivity contribution in [2.45, 2.75) is 123 Å². The molecule has 1 aliphatic heterocycles. The monoisotopic (exact) mass is 715 g/mol. The van der Waals surface area contributed by atoms with Crippen LogP contribution < -0.4 is 10.6 Å². The molecule has 1 fully saturated rings. The molecule has 1 heterocycles. The van der Waals surface area contributed by atoms with E-state index >= 15 is 0 Å². The van der Waals surface area contributed by atoms with E-state index in [0.717, 1.165) is 24.8 Å². The quantitative estimate of drug-likeness (QED) is 0.185. The Morgan fingerprint density at radius 3 is 2.08 bits per heavy atom. The van der Waals surface area contributed by atoms with Crippen LogP contribution in [0, 0.1) is 23.7 Å². The number of hydrogen-bond donors (Lipinski definition) is 3. The van der Waals surface area contributed by atoms with Crippen LogP contribution in [0.2, 0.25) is 0 Å². The van der Waals surface area contributed by atoms with Gasteiger partial charge in [-0.25, -0.2) is 4.79 Å². The highest BCUT2D eigenvalue weighted by Crippen LogP contribution is 2.28. The van der Waals surface area contributed by atoms with E-state index in [1.165, 1.54) is 0 Å². The van der Waals surface area contributed by atoms with E-state index in [9.17, 15) is 29.1 Å². The number of methoxy groups -OCH3 is 1. The lowest BCUT2D eigenvalue weighted by molar-refractivity contribution is -0.146. The largest absolute Gasteiger partial charge is 0.480 e. The lowest BCUT2D eigenvalue weighted by atomic mass is 9.89. The second kappa shape index (κ2) is 20.5. The van der Waals surface area contributed by atoms with Gasteiger partial charge in [-0.05, 0) is 56.7 Å². The SMILES string of the molecule is CC[C@H](C)[C@@H]([C@@H](CC(=O)N1CCC[C@H]1C[C@@H](C)C(=O)N[C@@H](Cc1ccccc1)C(=O)O)OC)N(C)C(=O)[C@@H](NC(=O)[C@H](C(C)C)N(C)C)C(C)C. The van der Waals surface area contributed by atoms with Crippen LogP contribution in [-0.2, 0) is 35.1 Å². The van der Waals surface area contributed by atoms with Crippen molar-refractivity contribution >= 4 is 29.6 Å². The highest BCUT2D eigenvalue weighted by molar-refractivity contribution is 5.90. The number of aliphatic carboxylic acids is 1. The van der Waals surface area contributed by atoms with E-state index in [1.54, 1.807) is 26.0 Å². The minimum atomic E-state index is -1.10. The Kier molecular flexibility index (Phi) is 17.6. The standard InChI is InChI=1S/C39H65N5O7/c1-12-26(6)35(43(10)38(48)33(24(2)3)41-37(47)34(25(4)5)42(8)9)31(51-11)23-32(45)44-20-16-19-29(44)21-27(7)36(46)40-30(39(49)50)22-28-17-14-13-15-18-28/h13-15,17-18,24-27,29-31,33-35H,12,16,19-23H2,1-11H3,(H,40,46)(H,41,47)(H,49,50)/t26-,27+,29-,30-,31+,33-,34-,35-/m0/s1. The van der Waals surface area contributed by atoms with Crippen LogP contribution in [0.3, 0.4) is 0 Å². The molecule has 0 aliphatic carbocycles. The molecular weight excluding hydrogens is 650 g/mol. The molecule has 288 valence electrons. The molecule has 1 aliphatic rings. The average Bonchev–Trinajstić information content (AvgIpc) is 3.53. The fraction of sp³-hybridized carbons (Fsp3) is 0.718. The lowest BCUT2D eigenvalue weighted by Gasteiger charge is -2.40. The fourth-order valence-corrected chi connectivity index (χ4v) is 7.41. The summed E-state index contributed by atoms with van der Waals surface area (Å²) in [6.07, 6.45) is 2.29. The minimum absolute atomic E-state index is 0.0124. The third-order valence-electron chi connectivity index (χ3n) is 10.4. The first-order valence-electron chi connectivity index (χ1n) is 18.6. The molecule has 1 saturated heterocycles. The predicted octanol–water partition coefficient (Wildman–Crippen LogP) is 3.82. The number of hydrogen-bond acceptors (Lipinski definition) is 7. The van der Waals surface area contributed by atoms with Gasteiger partial charge in [0.15, 0.2) is 0 Å². The highest BCUT2D eigenvalue weighted by atomic mass is 16.5. The number of likely N-dealkylation sites (tertiary alicyclic amines) is 1. The van der Waals surface area contributed by atoms with Crippen LogP contribution in [0.25, 0.3) is 0 Å². The van der Waals surface area contributed by atoms with Gasteiger partial charge >= 0.3 is 5.97 Å². The van der Waals surface area contributed by atoms with Crippen LogP contribution in [0.4, 0.5) is 0 Å². The molecule has 0 saturated carbocycles. The molecule has 12 nitrogen and oxygen atoms in total. The molecule has 51 heavy (non-hydrogen) atoms. The van der Waals surface area contributed by atoms with Crippen molar-refractivity contribution in [2.24, 2.45) is 23.7 Å². The summed E-state index contributed by atoms with van der Waals surface area (Å²) in [6, 6.07) is 6.34. The van der Waals surface area contributed by atoms with Crippen molar-refractivity contribution in [2.75, 3.05) is 34.8 Å². The molecule has 0 unspecified atom stereocenters. The van der Waals surface area contributed by atoms with Gasteiger partial charge in [0.05, 0.1) is 24.6 Å². The van der Waals surface area contributed by atoms with Gasteiger partial charge in [0.1, 0.15) is 12.1 Å². The van der Waals surface area contributed by atoms with E-state index in [4.69, 9.17) is 4.74 Å². The third-order valence-corrected chi connectivity index (χ3v) is 10.4. The maximum absolute atomic E-state index is 14.1. The Labute approximate surface area is 306 Å². The Bertz CT molecular complexity index is 1280. The number of likely N-dealkylation sites (N-methyl/N-ethyl adjacent to an activating group) is 2. The number of carboxylic acids is 1. The number of rotatable bonds is 20. The summed E-state index contributed by atoms with van der Waals surface area (Å²) in [5.41, 5.74) is 0.815. The van der Waals surface area contributed by atoms with E-state index in [0.29, 0.717) is 13.0 Å². The van der Waals surface area contributed by atoms with Crippen molar-refractivity contribution < 1.29 is 33.8 Å². The van der Waals surface area contributed by atoms with Crippen LogP contribution in [0.1, 0.15) is 86.1 Å². The molecule has 0 spiro atoms.